The van der Waals surface area contributed by atoms with Gasteiger partial charge in [-0.15, -0.1) is 0 Å². The predicted molar refractivity (Wildman–Crippen MR) is 93.2 cm³/mol. The normalized spacial score (nSPS) is 15.0. The van der Waals surface area contributed by atoms with Gasteiger partial charge in [0, 0.05) is 44.7 Å². The highest BCUT2D eigenvalue weighted by Gasteiger charge is 2.29. The maximum Gasteiger partial charge on any atom is 0.262 e. The lowest BCUT2D eigenvalue weighted by Gasteiger charge is -2.18. The lowest BCUT2D eigenvalue weighted by atomic mass is 10.1. The molecule has 9 nitrogen and oxygen atoms in total. The summed E-state index contributed by atoms with van der Waals surface area (Å²) in [5.41, 5.74) is 1.21. The molecule has 1 aromatic heterocycles. The molecule has 140 valence electrons. The fourth-order valence-electron chi connectivity index (χ4n) is 2.64. The number of rotatable bonds is 5. The number of hydrogen-bond acceptors (Lipinski definition) is 6. The number of benzene rings is 1. The molecule has 0 radical (unpaired) electrons. The molecule has 0 spiro atoms. The van der Waals surface area contributed by atoms with Crippen molar-refractivity contribution in [2.75, 3.05) is 32.2 Å². The highest BCUT2D eigenvalue weighted by Crippen LogP contribution is 2.28. The Morgan fingerprint density at radius 2 is 2.23 bits per heavy atom. The summed E-state index contributed by atoms with van der Waals surface area (Å²) < 4.78 is 39.0. The Hall–Kier alpha value is -2.43. The van der Waals surface area contributed by atoms with E-state index in [0.717, 1.165) is 0 Å². The number of imidazole rings is 1. The van der Waals surface area contributed by atoms with E-state index in [1.807, 2.05) is 0 Å². The number of methoxy groups -OCH3 is 1. The molecule has 1 aromatic carbocycles. The summed E-state index contributed by atoms with van der Waals surface area (Å²) in [7, 11) is -0.592. The maximum absolute atomic E-state index is 12.8. The lowest BCUT2D eigenvalue weighted by molar-refractivity contribution is -0.119. The van der Waals surface area contributed by atoms with Gasteiger partial charge in [-0.05, 0) is 18.2 Å². The van der Waals surface area contributed by atoms with Gasteiger partial charge in [-0.1, -0.05) is 0 Å². The number of carbonyl (C=O) groups is 1. The number of sulfonamides is 1. The zero-order valence-corrected chi connectivity index (χ0v) is 15.3. The minimum absolute atomic E-state index is 0.00648. The number of fused-ring (bicyclic) bond motifs is 1. The van der Waals surface area contributed by atoms with Crippen LogP contribution < -0.4 is 10.1 Å². The van der Waals surface area contributed by atoms with Crippen molar-refractivity contribution in [3.63, 3.8) is 0 Å². The molecule has 0 fully saturated rings. The fourth-order valence-corrected chi connectivity index (χ4v) is 4.00. The number of nitrogens with one attached hydrogen (secondary N) is 1. The largest absolute Gasteiger partial charge is 0.492 e. The van der Waals surface area contributed by atoms with Crippen LogP contribution in [0.15, 0.2) is 35.7 Å². The van der Waals surface area contributed by atoms with Crippen LogP contribution in [0.25, 0.3) is 0 Å². The maximum atomic E-state index is 12.8. The Kier molecular flexibility index (Phi) is 5.25. The minimum atomic E-state index is -3.74. The molecule has 3 rings (SSSR count). The average Bonchev–Trinajstić information content (AvgIpc) is 2.91. The van der Waals surface area contributed by atoms with Crippen molar-refractivity contribution >= 4 is 21.6 Å². The predicted octanol–water partition coefficient (Wildman–Crippen LogP) is 0.588. The standard InChI is InChI=1S/C16H20N4O5S/c1-19-9-16(17-11-19)26(22,23)20-5-6-25-14-4-3-13(7-12(14)8-20)18-15(21)10-24-2/h3-4,7,9,11H,5-6,8,10H2,1-2H3,(H,18,21). The first kappa shape index (κ1) is 18.4. The molecule has 1 aliphatic heterocycles. The van der Waals surface area contributed by atoms with E-state index in [-0.39, 0.29) is 37.2 Å². The molecule has 2 heterocycles. The zero-order chi connectivity index (χ0) is 18.7. The van der Waals surface area contributed by atoms with E-state index in [0.29, 0.717) is 17.0 Å². The first-order valence-electron chi connectivity index (χ1n) is 7.93. The summed E-state index contributed by atoms with van der Waals surface area (Å²) in [6.07, 6.45) is 2.90. The van der Waals surface area contributed by atoms with Crippen LogP contribution in [-0.4, -0.2) is 55.0 Å². The van der Waals surface area contributed by atoms with Crippen molar-refractivity contribution in [1.82, 2.24) is 13.9 Å². The van der Waals surface area contributed by atoms with Crippen LogP contribution in [0.2, 0.25) is 0 Å². The smallest absolute Gasteiger partial charge is 0.262 e. The summed E-state index contributed by atoms with van der Waals surface area (Å²) in [5.74, 6) is 0.299. The highest BCUT2D eigenvalue weighted by atomic mass is 32.2. The Morgan fingerprint density at radius 1 is 1.42 bits per heavy atom. The molecular weight excluding hydrogens is 360 g/mol. The van der Waals surface area contributed by atoms with Gasteiger partial charge in [0.1, 0.15) is 19.0 Å². The molecule has 0 atom stereocenters. The monoisotopic (exact) mass is 380 g/mol. The molecule has 2 aromatic rings. The van der Waals surface area contributed by atoms with E-state index in [1.54, 1.807) is 29.8 Å². The zero-order valence-electron chi connectivity index (χ0n) is 14.5. The molecule has 26 heavy (non-hydrogen) atoms. The number of aromatic nitrogens is 2. The van der Waals surface area contributed by atoms with Gasteiger partial charge < -0.3 is 19.4 Å². The van der Waals surface area contributed by atoms with Gasteiger partial charge in [-0.2, -0.15) is 4.31 Å². The van der Waals surface area contributed by atoms with Gasteiger partial charge in [0.25, 0.3) is 10.0 Å². The Balaban J connectivity index is 1.85. The lowest BCUT2D eigenvalue weighted by Crippen LogP contribution is -2.32. The SMILES string of the molecule is COCC(=O)Nc1ccc2c(c1)CN(S(=O)(=O)c1cn(C)cn1)CCO2. The third-order valence-electron chi connectivity index (χ3n) is 3.85. The summed E-state index contributed by atoms with van der Waals surface area (Å²) in [6, 6.07) is 5.12. The first-order chi connectivity index (χ1) is 12.4. The highest BCUT2D eigenvalue weighted by molar-refractivity contribution is 7.89. The Bertz CT molecular complexity index is 909. The number of carbonyl (C=O) groups excluding carboxylic acids is 1. The van der Waals surface area contributed by atoms with E-state index in [9.17, 15) is 13.2 Å². The molecule has 0 bridgehead atoms. The van der Waals surface area contributed by atoms with Gasteiger partial charge in [0.2, 0.25) is 5.91 Å². The third-order valence-corrected chi connectivity index (χ3v) is 5.58. The van der Waals surface area contributed by atoms with Crippen LogP contribution in [0, 0.1) is 0 Å². The van der Waals surface area contributed by atoms with E-state index < -0.39 is 10.0 Å². The molecule has 0 saturated carbocycles. The van der Waals surface area contributed by atoms with Gasteiger partial charge in [-0.3, -0.25) is 4.79 Å². The van der Waals surface area contributed by atoms with Gasteiger partial charge in [0.05, 0.1) is 6.33 Å². The van der Waals surface area contributed by atoms with Crippen molar-refractivity contribution in [3.8, 4) is 5.75 Å². The van der Waals surface area contributed by atoms with Crippen LogP contribution in [0.4, 0.5) is 5.69 Å². The van der Waals surface area contributed by atoms with Gasteiger partial charge in [-0.25, -0.2) is 13.4 Å². The van der Waals surface area contributed by atoms with Crippen molar-refractivity contribution in [2.24, 2.45) is 7.05 Å². The first-order valence-corrected chi connectivity index (χ1v) is 9.37. The molecule has 1 N–H and O–H groups in total. The van der Waals surface area contributed by atoms with Gasteiger partial charge in [0.15, 0.2) is 5.03 Å². The van der Waals surface area contributed by atoms with E-state index in [1.165, 1.54) is 23.9 Å². The van der Waals surface area contributed by atoms with Crippen molar-refractivity contribution < 1.29 is 22.7 Å². The second kappa shape index (κ2) is 7.44. The quantitative estimate of drug-likeness (QED) is 0.814. The number of nitrogens with zero attached hydrogens (tertiary/aromatic N) is 3. The van der Waals surface area contributed by atoms with Crippen LogP contribution in [0.5, 0.6) is 5.75 Å². The van der Waals surface area contributed by atoms with Crippen LogP contribution in [-0.2, 0) is 33.1 Å². The summed E-state index contributed by atoms with van der Waals surface area (Å²) in [4.78, 5) is 15.6. The number of amides is 1. The third kappa shape index (κ3) is 3.87. The molecule has 0 saturated heterocycles. The van der Waals surface area contributed by atoms with Crippen molar-refractivity contribution in [3.05, 3.63) is 36.3 Å². The number of ether oxygens (including phenoxy) is 2. The van der Waals surface area contributed by atoms with Crippen molar-refractivity contribution in [2.45, 2.75) is 11.6 Å². The molecule has 1 aliphatic rings. The number of aryl methyl sites for hydroxylation is 1. The molecule has 0 aliphatic carbocycles. The van der Waals surface area contributed by atoms with Crippen molar-refractivity contribution in [1.29, 1.82) is 0 Å². The average molecular weight is 380 g/mol. The summed E-state index contributed by atoms with van der Waals surface area (Å²) >= 11 is 0. The molecule has 0 unspecified atom stereocenters. The van der Waals surface area contributed by atoms with Gasteiger partial charge >= 0.3 is 0 Å². The molecule has 1 amide bonds. The molecule has 10 heteroatoms. The van der Waals surface area contributed by atoms with E-state index >= 15 is 0 Å². The molecular formula is C16H20N4O5S. The fraction of sp³-hybridized carbons (Fsp3) is 0.375. The van der Waals surface area contributed by atoms with E-state index in [2.05, 4.69) is 10.3 Å². The van der Waals surface area contributed by atoms with E-state index in [4.69, 9.17) is 9.47 Å². The van der Waals surface area contributed by atoms with Crippen LogP contribution in [0.1, 0.15) is 5.56 Å². The second-order valence-corrected chi connectivity index (χ2v) is 7.75. The number of hydrogen-bond donors (Lipinski definition) is 1. The Morgan fingerprint density at radius 3 is 2.92 bits per heavy atom. The Labute approximate surface area is 151 Å². The number of anilines is 1. The summed E-state index contributed by atoms with van der Waals surface area (Å²) in [6.45, 7) is 0.503. The topological polar surface area (TPSA) is 103 Å². The summed E-state index contributed by atoms with van der Waals surface area (Å²) in [5, 5.41) is 2.69. The minimum Gasteiger partial charge on any atom is -0.492 e. The van der Waals surface area contributed by atoms with Crippen LogP contribution in [0.3, 0.4) is 0 Å². The second-order valence-electron chi connectivity index (χ2n) is 5.87. The van der Waals surface area contributed by atoms with Crippen LogP contribution >= 0.6 is 0 Å².